The van der Waals surface area contributed by atoms with Crippen LogP contribution < -0.4 is 9.47 Å². The Balaban J connectivity index is 1.35. The Labute approximate surface area is 228 Å². The number of nitrogens with zero attached hydrogens (tertiary/aromatic N) is 1. The molecule has 0 aliphatic carbocycles. The molecule has 0 bridgehead atoms. The number of ether oxygens (including phenoxy) is 2. The molecule has 192 valence electrons. The molecule has 0 N–H and O–H groups in total. The molecule has 0 unspecified atom stereocenters. The van der Waals surface area contributed by atoms with Crippen LogP contribution >= 0.6 is 23.4 Å². The van der Waals surface area contributed by atoms with Gasteiger partial charge in [-0.15, -0.1) is 0 Å². The van der Waals surface area contributed by atoms with Gasteiger partial charge < -0.3 is 9.47 Å². The van der Waals surface area contributed by atoms with Crippen LogP contribution in [0.25, 0.3) is 16.8 Å². The van der Waals surface area contributed by atoms with Crippen molar-refractivity contribution >= 4 is 51.4 Å². The number of fused-ring (bicyclic) bond motifs is 1. The number of hydrogen-bond acceptors (Lipinski definition) is 5. The molecule has 5 rings (SSSR count). The van der Waals surface area contributed by atoms with E-state index in [1.807, 2.05) is 31.2 Å². The first kappa shape index (κ1) is 25.8. The first-order valence-corrected chi connectivity index (χ1v) is 13.2. The minimum absolute atomic E-state index is 0.101. The average Bonchev–Trinajstić information content (AvgIpc) is 3.17. The second-order valence-electron chi connectivity index (χ2n) is 8.53. The predicted molar refractivity (Wildman–Crippen MR) is 149 cm³/mol. The van der Waals surface area contributed by atoms with Gasteiger partial charge in [-0.05, 0) is 70.9 Å². The van der Waals surface area contributed by atoms with Crippen LogP contribution in [0.3, 0.4) is 0 Å². The molecule has 0 spiro atoms. The highest BCUT2D eigenvalue weighted by atomic mass is 35.5. The van der Waals surface area contributed by atoms with Gasteiger partial charge in [-0.2, -0.15) is 0 Å². The van der Waals surface area contributed by atoms with E-state index in [0.717, 1.165) is 33.0 Å². The van der Waals surface area contributed by atoms with Gasteiger partial charge in [0.05, 0.1) is 18.1 Å². The van der Waals surface area contributed by atoms with Gasteiger partial charge in [0, 0.05) is 10.6 Å². The van der Waals surface area contributed by atoms with Gasteiger partial charge in [0.2, 0.25) is 0 Å². The monoisotopic (exact) mass is 547 g/mol. The van der Waals surface area contributed by atoms with E-state index in [-0.39, 0.29) is 22.0 Å². The number of carbonyl (C=O) groups is 2. The molecule has 38 heavy (non-hydrogen) atoms. The molecule has 1 fully saturated rings. The molecule has 0 radical (unpaired) electrons. The number of hydrogen-bond donors (Lipinski definition) is 0. The Morgan fingerprint density at radius 3 is 2.55 bits per heavy atom. The molecule has 0 aromatic heterocycles. The Hall–Kier alpha value is -3.81. The predicted octanol–water partition coefficient (Wildman–Crippen LogP) is 7.85. The number of rotatable bonds is 8. The Morgan fingerprint density at radius 2 is 1.74 bits per heavy atom. The van der Waals surface area contributed by atoms with Crippen molar-refractivity contribution in [3.63, 3.8) is 0 Å². The largest absolute Gasteiger partial charge is 0.490 e. The highest BCUT2D eigenvalue weighted by molar-refractivity contribution is 8.18. The zero-order valence-corrected chi connectivity index (χ0v) is 22.0. The fourth-order valence-electron chi connectivity index (χ4n) is 4.21. The summed E-state index contributed by atoms with van der Waals surface area (Å²) in [4.78, 5) is 26.8. The summed E-state index contributed by atoms with van der Waals surface area (Å²) < 4.78 is 26.2. The van der Waals surface area contributed by atoms with Crippen molar-refractivity contribution in [1.82, 2.24) is 4.90 Å². The van der Waals surface area contributed by atoms with E-state index in [1.165, 1.54) is 18.2 Å². The van der Waals surface area contributed by atoms with Crippen LogP contribution in [0.1, 0.15) is 23.6 Å². The molecule has 4 aromatic carbocycles. The zero-order valence-electron chi connectivity index (χ0n) is 20.4. The minimum atomic E-state index is -0.569. The van der Waals surface area contributed by atoms with Crippen molar-refractivity contribution in [2.24, 2.45) is 0 Å². The van der Waals surface area contributed by atoms with Gasteiger partial charge >= 0.3 is 0 Å². The summed E-state index contributed by atoms with van der Waals surface area (Å²) in [5.74, 6) is 0.0209. The second kappa shape index (κ2) is 11.3. The number of amides is 2. The van der Waals surface area contributed by atoms with Crippen LogP contribution in [0, 0.1) is 5.82 Å². The van der Waals surface area contributed by atoms with Gasteiger partial charge in [0.1, 0.15) is 12.4 Å². The summed E-state index contributed by atoms with van der Waals surface area (Å²) in [5, 5.41) is 1.94. The van der Waals surface area contributed by atoms with E-state index in [9.17, 15) is 14.0 Å². The summed E-state index contributed by atoms with van der Waals surface area (Å²) >= 11 is 6.89. The van der Waals surface area contributed by atoms with E-state index < -0.39 is 17.0 Å². The van der Waals surface area contributed by atoms with E-state index in [4.69, 9.17) is 21.1 Å². The molecule has 5 nitrogen and oxygen atoms in total. The Kier molecular flexibility index (Phi) is 7.67. The maximum atomic E-state index is 14.2. The van der Waals surface area contributed by atoms with Gasteiger partial charge in [0.15, 0.2) is 11.5 Å². The third-order valence-electron chi connectivity index (χ3n) is 6.08. The molecule has 4 aromatic rings. The molecular weight excluding hydrogens is 525 g/mol. The van der Waals surface area contributed by atoms with Crippen LogP contribution in [0.15, 0.2) is 83.8 Å². The molecule has 2 amide bonds. The van der Waals surface area contributed by atoms with E-state index in [2.05, 4.69) is 18.2 Å². The third kappa shape index (κ3) is 5.39. The summed E-state index contributed by atoms with van der Waals surface area (Å²) in [6, 6.07) is 23.8. The summed E-state index contributed by atoms with van der Waals surface area (Å²) in [6.45, 7) is 2.42. The lowest BCUT2D eigenvalue weighted by molar-refractivity contribution is -0.123. The number of thioether (sulfide) groups is 1. The quantitative estimate of drug-likeness (QED) is 0.210. The second-order valence-corrected chi connectivity index (χ2v) is 9.93. The van der Waals surface area contributed by atoms with E-state index in [0.29, 0.717) is 30.3 Å². The molecule has 1 heterocycles. The molecule has 1 saturated heterocycles. The summed E-state index contributed by atoms with van der Waals surface area (Å²) in [6.07, 6.45) is 1.62. The van der Waals surface area contributed by atoms with Crippen LogP contribution in [0.5, 0.6) is 11.5 Å². The van der Waals surface area contributed by atoms with Crippen molar-refractivity contribution in [3.8, 4) is 11.5 Å². The average molecular weight is 548 g/mol. The first-order valence-electron chi connectivity index (χ1n) is 12.0. The van der Waals surface area contributed by atoms with Gasteiger partial charge in [-0.3, -0.25) is 14.5 Å². The molecule has 1 aliphatic heterocycles. The lowest BCUT2D eigenvalue weighted by Crippen LogP contribution is -2.28. The van der Waals surface area contributed by atoms with Crippen molar-refractivity contribution in [2.45, 2.75) is 20.1 Å². The highest BCUT2D eigenvalue weighted by Crippen LogP contribution is 2.36. The van der Waals surface area contributed by atoms with Crippen LogP contribution in [0.4, 0.5) is 9.18 Å². The van der Waals surface area contributed by atoms with Crippen molar-refractivity contribution in [3.05, 3.63) is 111 Å². The summed E-state index contributed by atoms with van der Waals surface area (Å²) in [5.41, 5.74) is 1.82. The molecule has 0 saturated carbocycles. The fraction of sp³-hybridized carbons (Fsp3) is 0.133. The number of carbonyl (C=O) groups excluding carboxylic acids is 2. The zero-order chi connectivity index (χ0) is 26.6. The van der Waals surface area contributed by atoms with Crippen LogP contribution in [-0.2, 0) is 17.9 Å². The smallest absolute Gasteiger partial charge is 0.293 e. The van der Waals surface area contributed by atoms with Crippen molar-refractivity contribution < 1.29 is 23.5 Å². The van der Waals surface area contributed by atoms with Crippen molar-refractivity contribution in [2.75, 3.05) is 6.61 Å². The number of benzene rings is 4. The molecular formula is C30H23ClFNO4S. The highest BCUT2D eigenvalue weighted by Gasteiger charge is 2.36. The standard InChI is InChI=1S/C30H23ClFNO4S/c1-2-36-27-15-19(13-14-26(27)37-18-21-9-5-8-20-7-3-4-10-22(20)21)16-28-29(34)33(30(35)38-28)17-23-24(31)11-6-12-25(23)32/h3-16H,2,17-18H2,1H3/b28-16-. The third-order valence-corrected chi connectivity index (χ3v) is 7.34. The Morgan fingerprint density at radius 1 is 0.947 bits per heavy atom. The van der Waals surface area contributed by atoms with Crippen molar-refractivity contribution in [1.29, 1.82) is 0 Å². The lowest BCUT2D eigenvalue weighted by atomic mass is 10.1. The van der Waals surface area contributed by atoms with E-state index in [1.54, 1.807) is 24.3 Å². The molecule has 1 aliphatic rings. The Bertz CT molecular complexity index is 1550. The van der Waals surface area contributed by atoms with Gasteiger partial charge in [-0.1, -0.05) is 66.2 Å². The molecule has 8 heteroatoms. The molecule has 0 atom stereocenters. The number of halogens is 2. The number of imide groups is 1. The maximum absolute atomic E-state index is 14.2. The van der Waals surface area contributed by atoms with Gasteiger partial charge in [-0.25, -0.2) is 4.39 Å². The fourth-order valence-corrected chi connectivity index (χ4v) is 5.27. The van der Waals surface area contributed by atoms with Crippen LogP contribution in [0.2, 0.25) is 5.02 Å². The van der Waals surface area contributed by atoms with Crippen LogP contribution in [-0.4, -0.2) is 22.7 Å². The first-order chi connectivity index (χ1) is 18.4. The lowest BCUT2D eigenvalue weighted by Gasteiger charge is -2.14. The normalized spacial score (nSPS) is 14.5. The van der Waals surface area contributed by atoms with E-state index >= 15 is 0 Å². The minimum Gasteiger partial charge on any atom is -0.490 e. The van der Waals surface area contributed by atoms with Gasteiger partial charge in [0.25, 0.3) is 11.1 Å². The maximum Gasteiger partial charge on any atom is 0.293 e. The topological polar surface area (TPSA) is 55.8 Å². The summed E-state index contributed by atoms with van der Waals surface area (Å²) in [7, 11) is 0. The SMILES string of the molecule is CCOc1cc(/C=C2\SC(=O)N(Cc3c(F)cccc3Cl)C2=O)ccc1OCc1cccc2ccccc12.